The summed E-state index contributed by atoms with van der Waals surface area (Å²) in [4.78, 5) is 11.9. The van der Waals surface area contributed by atoms with Crippen molar-refractivity contribution in [2.24, 2.45) is 5.10 Å². The molecule has 2 aromatic rings. The molecule has 0 bridgehead atoms. The van der Waals surface area contributed by atoms with E-state index in [9.17, 15) is 9.18 Å². The third-order valence-electron chi connectivity index (χ3n) is 3.08. The molecular weight excluding hydrogens is 438 g/mol. The van der Waals surface area contributed by atoms with Gasteiger partial charge >= 0.3 is 0 Å². The molecule has 0 aromatic heterocycles. The van der Waals surface area contributed by atoms with E-state index >= 15 is 0 Å². The van der Waals surface area contributed by atoms with Crippen molar-refractivity contribution < 1.29 is 18.7 Å². The summed E-state index contributed by atoms with van der Waals surface area (Å²) >= 11 is 2.13. The Kier molecular flexibility index (Phi) is 6.93. The second-order valence-electron chi connectivity index (χ2n) is 4.84. The van der Waals surface area contributed by atoms with E-state index in [0.717, 1.165) is 9.13 Å². The first-order valence-electron chi connectivity index (χ1n) is 7.25. The van der Waals surface area contributed by atoms with Gasteiger partial charge in [0.1, 0.15) is 12.4 Å². The highest BCUT2D eigenvalue weighted by atomic mass is 127. The van der Waals surface area contributed by atoms with Crippen LogP contribution in [-0.2, 0) is 0 Å². The molecule has 0 aliphatic heterocycles. The first kappa shape index (κ1) is 18.9. The van der Waals surface area contributed by atoms with Crippen LogP contribution < -0.4 is 14.9 Å². The van der Waals surface area contributed by atoms with Gasteiger partial charge in [-0.1, -0.05) is 12.7 Å². The van der Waals surface area contributed by atoms with Gasteiger partial charge < -0.3 is 9.47 Å². The van der Waals surface area contributed by atoms with E-state index in [0.29, 0.717) is 23.7 Å². The third-order valence-corrected chi connectivity index (χ3v) is 3.88. The number of hydrogen-bond donors (Lipinski definition) is 1. The summed E-state index contributed by atoms with van der Waals surface area (Å²) in [6.45, 7) is 3.98. The van der Waals surface area contributed by atoms with Gasteiger partial charge in [0.25, 0.3) is 5.91 Å². The molecule has 2 rings (SSSR count). The van der Waals surface area contributed by atoms with Crippen LogP contribution in [0.3, 0.4) is 0 Å². The predicted molar refractivity (Wildman–Crippen MR) is 103 cm³/mol. The molecule has 1 amide bonds. The van der Waals surface area contributed by atoms with Crippen LogP contribution in [-0.4, -0.2) is 25.8 Å². The summed E-state index contributed by atoms with van der Waals surface area (Å²) in [6.07, 6.45) is 3.14. The molecule has 7 heteroatoms. The van der Waals surface area contributed by atoms with Gasteiger partial charge in [-0.2, -0.15) is 5.10 Å². The lowest BCUT2D eigenvalue weighted by Gasteiger charge is -2.12. The summed E-state index contributed by atoms with van der Waals surface area (Å²) in [7, 11) is 1.55. The fraction of sp³-hybridized carbons (Fsp3) is 0.111. The molecule has 0 aliphatic rings. The average molecular weight is 454 g/mol. The van der Waals surface area contributed by atoms with Crippen LogP contribution in [0.25, 0.3) is 0 Å². The highest BCUT2D eigenvalue weighted by Crippen LogP contribution is 2.33. The predicted octanol–water partition coefficient (Wildman–Crippen LogP) is 3.77. The number of carbonyl (C=O) groups is 1. The van der Waals surface area contributed by atoms with Crippen LogP contribution in [0.4, 0.5) is 4.39 Å². The number of amides is 1. The zero-order chi connectivity index (χ0) is 18.2. The number of benzene rings is 2. The number of nitrogens with zero attached hydrogens (tertiary/aromatic N) is 1. The van der Waals surface area contributed by atoms with Crippen molar-refractivity contribution in [1.82, 2.24) is 5.43 Å². The standard InChI is InChI=1S/C18H16FIN2O3/c1-3-8-25-17-15(20)9-12(10-16(17)24-2)11-21-22-18(23)13-4-6-14(19)7-5-13/h3-7,9-11H,1,8H2,2H3,(H,22,23)/b21-11-. The Labute approximate surface area is 158 Å². The summed E-state index contributed by atoms with van der Waals surface area (Å²) < 4.78 is 24.6. The smallest absolute Gasteiger partial charge is 0.271 e. The Hall–Kier alpha value is -2.42. The van der Waals surface area contributed by atoms with Gasteiger partial charge in [-0.15, -0.1) is 0 Å². The van der Waals surface area contributed by atoms with E-state index in [1.807, 2.05) is 6.07 Å². The molecule has 2 aromatic carbocycles. The van der Waals surface area contributed by atoms with E-state index in [1.165, 1.54) is 30.5 Å². The first-order valence-corrected chi connectivity index (χ1v) is 8.33. The average Bonchev–Trinajstić information content (AvgIpc) is 2.61. The Bertz CT molecular complexity index is 792. The lowest BCUT2D eigenvalue weighted by atomic mass is 10.2. The SMILES string of the molecule is C=CCOc1c(I)cc(/C=N\NC(=O)c2ccc(F)cc2)cc1OC. The summed E-state index contributed by atoms with van der Waals surface area (Å²) in [5.74, 6) is 0.347. The molecule has 0 saturated carbocycles. The minimum absolute atomic E-state index is 0.318. The summed E-state index contributed by atoms with van der Waals surface area (Å²) in [5.41, 5.74) is 3.44. The normalized spacial score (nSPS) is 10.5. The Balaban J connectivity index is 2.09. The van der Waals surface area contributed by atoms with E-state index in [2.05, 4.69) is 39.7 Å². The molecular formula is C18H16FIN2O3. The molecule has 0 heterocycles. The van der Waals surface area contributed by atoms with Crippen LogP contribution >= 0.6 is 22.6 Å². The maximum atomic E-state index is 12.9. The topological polar surface area (TPSA) is 59.9 Å². The Morgan fingerprint density at radius 1 is 1.36 bits per heavy atom. The number of methoxy groups -OCH3 is 1. The quantitative estimate of drug-likeness (QED) is 0.300. The highest BCUT2D eigenvalue weighted by molar-refractivity contribution is 14.1. The minimum atomic E-state index is -0.427. The van der Waals surface area contributed by atoms with Crippen molar-refractivity contribution in [3.8, 4) is 11.5 Å². The molecule has 25 heavy (non-hydrogen) atoms. The fourth-order valence-electron chi connectivity index (χ4n) is 1.93. The lowest BCUT2D eigenvalue weighted by Crippen LogP contribution is -2.17. The van der Waals surface area contributed by atoms with Gasteiger partial charge in [-0.25, -0.2) is 9.82 Å². The number of hydrogen-bond acceptors (Lipinski definition) is 4. The largest absolute Gasteiger partial charge is 0.493 e. The van der Waals surface area contributed by atoms with Gasteiger partial charge in [0.2, 0.25) is 0 Å². The van der Waals surface area contributed by atoms with Crippen LogP contribution in [0, 0.1) is 9.39 Å². The van der Waals surface area contributed by atoms with E-state index in [4.69, 9.17) is 9.47 Å². The van der Waals surface area contributed by atoms with Crippen LogP contribution in [0.15, 0.2) is 54.2 Å². The molecule has 0 aliphatic carbocycles. The minimum Gasteiger partial charge on any atom is -0.493 e. The van der Waals surface area contributed by atoms with E-state index < -0.39 is 11.7 Å². The van der Waals surface area contributed by atoms with Crippen molar-refractivity contribution in [2.75, 3.05) is 13.7 Å². The van der Waals surface area contributed by atoms with Gasteiger partial charge in [0, 0.05) is 5.56 Å². The number of halogens is 2. The molecule has 0 spiro atoms. The van der Waals surface area contributed by atoms with Crippen molar-refractivity contribution in [3.05, 3.63) is 69.6 Å². The second-order valence-corrected chi connectivity index (χ2v) is 6.00. The Morgan fingerprint density at radius 2 is 2.08 bits per heavy atom. The van der Waals surface area contributed by atoms with Crippen LogP contribution in [0.1, 0.15) is 15.9 Å². The van der Waals surface area contributed by atoms with Gasteiger partial charge in [0.05, 0.1) is 16.9 Å². The molecule has 0 unspecified atom stereocenters. The van der Waals surface area contributed by atoms with Crippen LogP contribution in [0.2, 0.25) is 0 Å². The van der Waals surface area contributed by atoms with Crippen molar-refractivity contribution in [3.63, 3.8) is 0 Å². The molecule has 5 nitrogen and oxygen atoms in total. The molecule has 130 valence electrons. The third kappa shape index (κ3) is 5.28. The number of hydrazone groups is 1. The maximum Gasteiger partial charge on any atom is 0.271 e. The van der Waals surface area contributed by atoms with Crippen molar-refractivity contribution in [1.29, 1.82) is 0 Å². The highest BCUT2D eigenvalue weighted by Gasteiger charge is 2.11. The summed E-state index contributed by atoms with van der Waals surface area (Å²) in [6, 6.07) is 8.79. The molecule has 0 atom stereocenters. The van der Waals surface area contributed by atoms with E-state index in [-0.39, 0.29) is 0 Å². The second kappa shape index (κ2) is 9.16. The zero-order valence-electron chi connectivity index (χ0n) is 13.5. The molecule has 0 saturated heterocycles. The number of nitrogens with one attached hydrogen (secondary N) is 1. The number of ether oxygens (including phenoxy) is 2. The Morgan fingerprint density at radius 3 is 2.72 bits per heavy atom. The van der Waals surface area contributed by atoms with E-state index in [1.54, 1.807) is 19.3 Å². The molecule has 0 radical (unpaired) electrons. The molecule has 0 fully saturated rings. The number of rotatable bonds is 7. The maximum absolute atomic E-state index is 12.9. The van der Waals surface area contributed by atoms with Crippen LogP contribution in [0.5, 0.6) is 11.5 Å². The summed E-state index contributed by atoms with van der Waals surface area (Å²) in [5, 5.41) is 3.91. The first-order chi connectivity index (χ1) is 12.0. The lowest BCUT2D eigenvalue weighted by molar-refractivity contribution is 0.0955. The number of carbonyl (C=O) groups excluding carboxylic acids is 1. The molecule has 1 N–H and O–H groups in total. The van der Waals surface area contributed by atoms with Crippen molar-refractivity contribution in [2.45, 2.75) is 0 Å². The van der Waals surface area contributed by atoms with Gasteiger partial charge in [-0.05, 0) is 64.6 Å². The van der Waals surface area contributed by atoms with Crippen molar-refractivity contribution >= 4 is 34.7 Å². The van der Waals surface area contributed by atoms with Gasteiger partial charge in [0.15, 0.2) is 11.5 Å². The van der Waals surface area contributed by atoms with Gasteiger partial charge in [-0.3, -0.25) is 4.79 Å². The fourth-order valence-corrected chi connectivity index (χ4v) is 2.71. The zero-order valence-corrected chi connectivity index (χ0v) is 15.6. The monoisotopic (exact) mass is 454 g/mol.